The number of non-ortho nitro benzene ring substituents is 1. The van der Waals surface area contributed by atoms with Crippen molar-refractivity contribution in [3.63, 3.8) is 0 Å². The molecule has 2 aromatic rings. The summed E-state index contributed by atoms with van der Waals surface area (Å²) in [6.45, 7) is 2.67. The fourth-order valence-electron chi connectivity index (χ4n) is 2.23. The topological polar surface area (TPSA) is 75.7 Å². The molecule has 0 bridgehead atoms. The molecule has 0 aromatic heterocycles. The lowest BCUT2D eigenvalue weighted by Gasteiger charge is -2.12. The fraction of sp³-hybridized carbons (Fsp3) is 0.235. The van der Waals surface area contributed by atoms with Crippen molar-refractivity contribution in [3.05, 3.63) is 69.8 Å². The summed E-state index contributed by atoms with van der Waals surface area (Å²) in [5.41, 5.74) is 1.51. The molecule has 0 fully saturated rings. The first-order chi connectivity index (χ1) is 10.6. The molecule has 0 amide bonds. The Morgan fingerprint density at radius 2 is 2.00 bits per heavy atom. The van der Waals surface area contributed by atoms with E-state index < -0.39 is 4.92 Å². The van der Waals surface area contributed by atoms with Crippen molar-refractivity contribution in [2.75, 3.05) is 6.54 Å². The molecule has 5 nitrogen and oxygen atoms in total. The monoisotopic (exact) mass is 298 g/mol. The number of aliphatic imine (C=N–C) groups is 1. The minimum Gasteiger partial charge on any atom is -0.507 e. The van der Waals surface area contributed by atoms with Gasteiger partial charge in [-0.2, -0.15) is 0 Å². The summed E-state index contributed by atoms with van der Waals surface area (Å²) in [6, 6.07) is 14.0. The molecule has 0 heterocycles. The highest BCUT2D eigenvalue weighted by atomic mass is 16.6. The molecule has 2 rings (SSSR count). The first kappa shape index (κ1) is 15.7. The fourth-order valence-corrected chi connectivity index (χ4v) is 2.23. The number of benzene rings is 2. The largest absolute Gasteiger partial charge is 0.507 e. The maximum Gasteiger partial charge on any atom is 0.270 e. The van der Waals surface area contributed by atoms with Gasteiger partial charge in [0.15, 0.2) is 0 Å². The summed E-state index contributed by atoms with van der Waals surface area (Å²) in [5, 5.41) is 20.5. The first-order valence-corrected chi connectivity index (χ1v) is 7.14. The second-order valence-corrected chi connectivity index (χ2v) is 5.01. The van der Waals surface area contributed by atoms with Crippen LogP contribution in [0, 0.1) is 10.1 Å². The van der Waals surface area contributed by atoms with Gasteiger partial charge in [0.25, 0.3) is 5.69 Å². The molecule has 0 aliphatic rings. The molecule has 0 saturated carbocycles. The number of rotatable bonds is 6. The number of phenolic OH excluding ortho intramolecular Hbond substituents is 1. The molecule has 0 spiro atoms. The smallest absolute Gasteiger partial charge is 0.270 e. The standard InChI is InChI=1S/C17H18N2O3/c1-2-13(14-6-4-3-5-7-14)11-18-12-15-10-16(19(21)22)8-9-17(15)20/h3-10,12-13,20H,2,11H2,1H3/t13-/m0/s1. The molecule has 1 N–H and O–H groups in total. The number of nitrogens with zero attached hydrogens (tertiary/aromatic N) is 2. The van der Waals surface area contributed by atoms with Crippen molar-refractivity contribution in [3.8, 4) is 5.75 Å². The summed E-state index contributed by atoms with van der Waals surface area (Å²) < 4.78 is 0. The number of nitro benzene ring substituents is 1. The minimum atomic E-state index is -0.490. The van der Waals surface area contributed by atoms with Crippen LogP contribution >= 0.6 is 0 Å². The molecule has 5 heteroatoms. The van der Waals surface area contributed by atoms with E-state index in [4.69, 9.17) is 0 Å². The number of nitro groups is 1. The summed E-state index contributed by atoms with van der Waals surface area (Å²) in [7, 11) is 0. The Labute approximate surface area is 129 Å². The molecular weight excluding hydrogens is 280 g/mol. The van der Waals surface area contributed by atoms with Gasteiger partial charge in [0.05, 0.1) is 4.92 Å². The number of phenols is 1. The Bertz CT molecular complexity index is 669. The van der Waals surface area contributed by atoms with Gasteiger partial charge < -0.3 is 5.11 Å². The van der Waals surface area contributed by atoms with Gasteiger partial charge in [-0.1, -0.05) is 37.3 Å². The zero-order valence-corrected chi connectivity index (χ0v) is 12.3. The van der Waals surface area contributed by atoms with Gasteiger partial charge in [-0.25, -0.2) is 0 Å². The summed E-state index contributed by atoms with van der Waals surface area (Å²) in [5.74, 6) is 0.278. The van der Waals surface area contributed by atoms with Gasteiger partial charge in [-0.05, 0) is 18.1 Å². The molecule has 0 radical (unpaired) electrons. The summed E-state index contributed by atoms with van der Waals surface area (Å²) >= 11 is 0. The predicted octanol–water partition coefficient (Wildman–Crippen LogP) is 3.91. The number of hydrogen-bond donors (Lipinski definition) is 1. The average Bonchev–Trinajstić information content (AvgIpc) is 2.53. The van der Waals surface area contributed by atoms with Gasteiger partial charge in [0.2, 0.25) is 0 Å². The first-order valence-electron chi connectivity index (χ1n) is 7.14. The van der Waals surface area contributed by atoms with Crippen LogP contribution in [0.3, 0.4) is 0 Å². The highest BCUT2D eigenvalue weighted by Gasteiger charge is 2.10. The molecule has 0 unspecified atom stereocenters. The van der Waals surface area contributed by atoms with Crippen LogP contribution in [-0.2, 0) is 0 Å². The Morgan fingerprint density at radius 3 is 2.64 bits per heavy atom. The second kappa shape index (κ2) is 7.36. The zero-order chi connectivity index (χ0) is 15.9. The molecule has 0 saturated heterocycles. The van der Waals surface area contributed by atoms with E-state index in [1.807, 2.05) is 18.2 Å². The molecule has 114 valence electrons. The van der Waals surface area contributed by atoms with Crippen LogP contribution in [0.5, 0.6) is 5.75 Å². The van der Waals surface area contributed by atoms with E-state index >= 15 is 0 Å². The van der Waals surface area contributed by atoms with Gasteiger partial charge >= 0.3 is 0 Å². The van der Waals surface area contributed by atoms with Crippen molar-refractivity contribution in [2.45, 2.75) is 19.3 Å². The lowest BCUT2D eigenvalue weighted by atomic mass is 9.97. The maximum absolute atomic E-state index is 10.8. The minimum absolute atomic E-state index is 0.0119. The highest BCUT2D eigenvalue weighted by molar-refractivity contribution is 5.84. The third kappa shape index (κ3) is 3.91. The molecule has 0 aliphatic heterocycles. The van der Waals surface area contributed by atoms with E-state index in [2.05, 4.69) is 24.0 Å². The molecule has 1 atom stereocenters. The lowest BCUT2D eigenvalue weighted by Crippen LogP contribution is -2.01. The van der Waals surface area contributed by atoms with Crippen molar-refractivity contribution >= 4 is 11.9 Å². The molecule has 22 heavy (non-hydrogen) atoms. The third-order valence-corrected chi connectivity index (χ3v) is 3.54. The van der Waals surface area contributed by atoms with Crippen LogP contribution in [0.1, 0.15) is 30.4 Å². The Morgan fingerprint density at radius 1 is 1.27 bits per heavy atom. The van der Waals surface area contributed by atoms with E-state index in [0.29, 0.717) is 18.0 Å². The lowest BCUT2D eigenvalue weighted by molar-refractivity contribution is -0.384. The van der Waals surface area contributed by atoms with Gasteiger partial charge in [0.1, 0.15) is 5.75 Å². The van der Waals surface area contributed by atoms with Crippen LogP contribution in [0.25, 0.3) is 0 Å². The van der Waals surface area contributed by atoms with Crippen molar-refractivity contribution in [1.82, 2.24) is 0 Å². The van der Waals surface area contributed by atoms with Crippen molar-refractivity contribution in [1.29, 1.82) is 0 Å². The maximum atomic E-state index is 10.8. The van der Waals surface area contributed by atoms with Crippen LogP contribution in [0.2, 0.25) is 0 Å². The normalized spacial score (nSPS) is 12.4. The number of hydrogen-bond acceptors (Lipinski definition) is 4. The van der Waals surface area contributed by atoms with Crippen LogP contribution in [0.15, 0.2) is 53.5 Å². The molecular formula is C17H18N2O3. The molecule has 0 aliphatic carbocycles. The molecule has 2 aromatic carbocycles. The summed E-state index contributed by atoms with van der Waals surface area (Å²) in [6.07, 6.45) is 2.44. The third-order valence-electron chi connectivity index (χ3n) is 3.54. The van der Waals surface area contributed by atoms with Crippen molar-refractivity contribution in [2.24, 2.45) is 4.99 Å². The number of aromatic hydroxyl groups is 1. The van der Waals surface area contributed by atoms with Gasteiger partial charge in [-0.15, -0.1) is 0 Å². The predicted molar refractivity (Wildman–Crippen MR) is 86.7 cm³/mol. The van der Waals surface area contributed by atoms with E-state index in [-0.39, 0.29) is 11.4 Å². The van der Waals surface area contributed by atoms with E-state index in [1.54, 1.807) is 0 Å². The highest BCUT2D eigenvalue weighted by Crippen LogP contribution is 2.22. The Kier molecular flexibility index (Phi) is 5.25. The quantitative estimate of drug-likeness (QED) is 0.499. The van der Waals surface area contributed by atoms with E-state index in [1.165, 1.54) is 30.0 Å². The van der Waals surface area contributed by atoms with Gasteiger partial charge in [-0.3, -0.25) is 15.1 Å². The van der Waals surface area contributed by atoms with E-state index in [0.717, 1.165) is 6.42 Å². The Hall–Kier alpha value is -2.69. The van der Waals surface area contributed by atoms with Crippen molar-refractivity contribution < 1.29 is 10.0 Å². The van der Waals surface area contributed by atoms with Crippen LogP contribution in [-0.4, -0.2) is 22.8 Å². The van der Waals surface area contributed by atoms with Crippen LogP contribution < -0.4 is 0 Å². The van der Waals surface area contributed by atoms with E-state index in [9.17, 15) is 15.2 Å². The second-order valence-electron chi connectivity index (χ2n) is 5.01. The van der Waals surface area contributed by atoms with Gasteiger partial charge in [0, 0.05) is 36.4 Å². The summed E-state index contributed by atoms with van der Waals surface area (Å²) in [4.78, 5) is 14.6. The Balaban J connectivity index is 2.11. The zero-order valence-electron chi connectivity index (χ0n) is 12.3. The SMILES string of the molecule is CC[C@@H](CN=Cc1cc([N+](=O)[O-])ccc1O)c1ccccc1. The van der Waals surface area contributed by atoms with Crippen LogP contribution in [0.4, 0.5) is 5.69 Å². The average molecular weight is 298 g/mol.